The van der Waals surface area contributed by atoms with E-state index in [9.17, 15) is 4.79 Å². The second-order valence-corrected chi connectivity index (χ2v) is 4.72. The summed E-state index contributed by atoms with van der Waals surface area (Å²) in [5.74, 6) is -0.0848. The minimum Gasteiger partial charge on any atom is -0.381 e. The summed E-state index contributed by atoms with van der Waals surface area (Å²) in [4.78, 5) is 11.6. The molecule has 0 fully saturated rings. The third-order valence-corrected chi connectivity index (χ3v) is 3.25. The third-order valence-electron chi connectivity index (χ3n) is 3.25. The Morgan fingerprint density at radius 3 is 2.57 bits per heavy atom. The van der Waals surface area contributed by atoms with Crippen molar-refractivity contribution in [3.05, 3.63) is 65.2 Å². The first-order chi connectivity index (χ1) is 10.2. The molecule has 0 aliphatic carbocycles. The zero-order chi connectivity index (χ0) is 15.1. The summed E-state index contributed by atoms with van der Waals surface area (Å²) in [7, 11) is 3.32. The number of carbonyl (C=O) groups is 1. The lowest BCUT2D eigenvalue weighted by Crippen LogP contribution is -2.17. The SMILES string of the molecule is CNC(=O)c1cccc(NCc2ccccc2COC)c1. The molecule has 0 aromatic heterocycles. The zero-order valence-corrected chi connectivity index (χ0v) is 12.3. The molecule has 2 N–H and O–H groups in total. The van der Waals surface area contributed by atoms with Crippen LogP contribution in [0.3, 0.4) is 0 Å². The number of methoxy groups -OCH3 is 1. The van der Waals surface area contributed by atoms with E-state index in [0.29, 0.717) is 18.7 Å². The molecule has 1 amide bonds. The van der Waals surface area contributed by atoms with Crippen LogP contribution in [0.2, 0.25) is 0 Å². The van der Waals surface area contributed by atoms with Crippen molar-refractivity contribution >= 4 is 11.6 Å². The maximum Gasteiger partial charge on any atom is 0.251 e. The molecule has 2 aromatic carbocycles. The van der Waals surface area contributed by atoms with Crippen molar-refractivity contribution in [2.75, 3.05) is 19.5 Å². The summed E-state index contributed by atoms with van der Waals surface area (Å²) in [6, 6.07) is 15.6. The minimum atomic E-state index is -0.0848. The Hall–Kier alpha value is -2.33. The van der Waals surface area contributed by atoms with Crippen LogP contribution in [0.4, 0.5) is 5.69 Å². The van der Waals surface area contributed by atoms with Crippen molar-refractivity contribution < 1.29 is 9.53 Å². The first-order valence-corrected chi connectivity index (χ1v) is 6.86. The van der Waals surface area contributed by atoms with Gasteiger partial charge in [-0.25, -0.2) is 0 Å². The lowest BCUT2D eigenvalue weighted by atomic mass is 10.1. The smallest absolute Gasteiger partial charge is 0.251 e. The maximum absolute atomic E-state index is 11.6. The molecule has 0 radical (unpaired) electrons. The van der Waals surface area contributed by atoms with Gasteiger partial charge in [-0.3, -0.25) is 4.79 Å². The predicted octanol–water partition coefficient (Wildman–Crippen LogP) is 2.80. The van der Waals surface area contributed by atoms with Gasteiger partial charge in [0.25, 0.3) is 5.91 Å². The molecule has 0 saturated carbocycles. The van der Waals surface area contributed by atoms with Gasteiger partial charge in [0.2, 0.25) is 0 Å². The normalized spacial score (nSPS) is 10.2. The highest BCUT2D eigenvalue weighted by Gasteiger charge is 2.05. The molecular formula is C17H20N2O2. The highest BCUT2D eigenvalue weighted by molar-refractivity contribution is 5.94. The minimum absolute atomic E-state index is 0.0848. The first-order valence-electron chi connectivity index (χ1n) is 6.86. The fraction of sp³-hybridized carbons (Fsp3) is 0.235. The van der Waals surface area contributed by atoms with Crippen LogP contribution >= 0.6 is 0 Å². The number of rotatable bonds is 6. The van der Waals surface area contributed by atoms with Gasteiger partial charge in [0.05, 0.1) is 6.61 Å². The molecule has 0 aliphatic rings. The number of amides is 1. The Labute approximate surface area is 125 Å². The molecule has 0 spiro atoms. The average Bonchev–Trinajstić information content (AvgIpc) is 2.54. The fourth-order valence-corrected chi connectivity index (χ4v) is 2.14. The average molecular weight is 284 g/mol. The van der Waals surface area contributed by atoms with E-state index in [1.54, 1.807) is 20.2 Å². The van der Waals surface area contributed by atoms with E-state index in [0.717, 1.165) is 11.3 Å². The van der Waals surface area contributed by atoms with Crippen LogP contribution in [-0.2, 0) is 17.9 Å². The molecule has 0 bridgehead atoms. The first kappa shape index (κ1) is 15.1. The van der Waals surface area contributed by atoms with Crippen molar-refractivity contribution in [2.24, 2.45) is 0 Å². The van der Waals surface area contributed by atoms with Gasteiger partial charge in [0.1, 0.15) is 0 Å². The molecule has 2 rings (SSSR count). The van der Waals surface area contributed by atoms with Crippen LogP contribution in [0.15, 0.2) is 48.5 Å². The quantitative estimate of drug-likeness (QED) is 0.857. The second kappa shape index (κ2) is 7.45. The number of anilines is 1. The molecule has 4 nitrogen and oxygen atoms in total. The second-order valence-electron chi connectivity index (χ2n) is 4.72. The molecule has 2 aromatic rings. The highest BCUT2D eigenvalue weighted by Crippen LogP contribution is 2.15. The molecule has 21 heavy (non-hydrogen) atoms. The van der Waals surface area contributed by atoms with E-state index in [1.165, 1.54) is 5.56 Å². The van der Waals surface area contributed by atoms with Gasteiger partial charge in [0.15, 0.2) is 0 Å². The lowest BCUT2D eigenvalue weighted by Gasteiger charge is -2.11. The number of carbonyl (C=O) groups excluding carboxylic acids is 1. The Kier molecular flexibility index (Phi) is 5.35. The maximum atomic E-state index is 11.6. The number of benzene rings is 2. The van der Waals surface area contributed by atoms with Crippen LogP contribution < -0.4 is 10.6 Å². The summed E-state index contributed by atoms with van der Waals surface area (Å²) >= 11 is 0. The Morgan fingerprint density at radius 2 is 1.86 bits per heavy atom. The van der Waals surface area contributed by atoms with Gasteiger partial charge in [-0.2, -0.15) is 0 Å². The highest BCUT2D eigenvalue weighted by atomic mass is 16.5. The number of hydrogen-bond donors (Lipinski definition) is 2. The Morgan fingerprint density at radius 1 is 1.10 bits per heavy atom. The summed E-state index contributed by atoms with van der Waals surface area (Å²) in [5, 5.41) is 5.97. The van der Waals surface area contributed by atoms with Crippen LogP contribution in [0.25, 0.3) is 0 Å². The van der Waals surface area contributed by atoms with Gasteiger partial charge in [-0.05, 0) is 29.3 Å². The largest absolute Gasteiger partial charge is 0.381 e. The molecule has 0 saturated heterocycles. The fourth-order valence-electron chi connectivity index (χ4n) is 2.14. The van der Waals surface area contributed by atoms with Gasteiger partial charge < -0.3 is 15.4 Å². The predicted molar refractivity (Wildman–Crippen MR) is 84.3 cm³/mol. The summed E-state index contributed by atoms with van der Waals surface area (Å²) in [6.07, 6.45) is 0. The molecule has 110 valence electrons. The Bertz CT molecular complexity index is 611. The Balaban J connectivity index is 2.08. The van der Waals surface area contributed by atoms with Crippen molar-refractivity contribution in [1.29, 1.82) is 0 Å². The molecule has 0 atom stereocenters. The van der Waals surface area contributed by atoms with Crippen LogP contribution in [0, 0.1) is 0 Å². The van der Waals surface area contributed by atoms with Crippen molar-refractivity contribution in [3.63, 3.8) is 0 Å². The molecule has 0 heterocycles. The van der Waals surface area contributed by atoms with E-state index >= 15 is 0 Å². The zero-order valence-electron chi connectivity index (χ0n) is 12.3. The number of ether oxygens (including phenoxy) is 1. The van der Waals surface area contributed by atoms with E-state index in [-0.39, 0.29) is 5.91 Å². The van der Waals surface area contributed by atoms with Crippen molar-refractivity contribution in [2.45, 2.75) is 13.2 Å². The van der Waals surface area contributed by atoms with E-state index < -0.39 is 0 Å². The topological polar surface area (TPSA) is 50.4 Å². The van der Waals surface area contributed by atoms with Gasteiger partial charge in [0, 0.05) is 32.0 Å². The van der Waals surface area contributed by atoms with Crippen molar-refractivity contribution in [3.8, 4) is 0 Å². The monoisotopic (exact) mass is 284 g/mol. The van der Waals surface area contributed by atoms with E-state index in [4.69, 9.17) is 4.74 Å². The van der Waals surface area contributed by atoms with Crippen LogP contribution in [-0.4, -0.2) is 20.1 Å². The number of nitrogens with one attached hydrogen (secondary N) is 2. The summed E-state index contributed by atoms with van der Waals surface area (Å²) < 4.78 is 5.21. The van der Waals surface area contributed by atoms with Gasteiger partial charge in [-0.15, -0.1) is 0 Å². The van der Waals surface area contributed by atoms with Gasteiger partial charge in [-0.1, -0.05) is 30.3 Å². The lowest BCUT2D eigenvalue weighted by molar-refractivity contribution is 0.0963. The van der Waals surface area contributed by atoms with Crippen LogP contribution in [0.1, 0.15) is 21.5 Å². The molecule has 0 aliphatic heterocycles. The van der Waals surface area contributed by atoms with Gasteiger partial charge >= 0.3 is 0 Å². The van der Waals surface area contributed by atoms with E-state index in [1.807, 2.05) is 30.3 Å². The molecule has 4 heteroatoms. The summed E-state index contributed by atoms with van der Waals surface area (Å²) in [5.41, 5.74) is 3.91. The summed E-state index contributed by atoms with van der Waals surface area (Å²) in [6.45, 7) is 1.28. The molecule has 0 unspecified atom stereocenters. The van der Waals surface area contributed by atoms with E-state index in [2.05, 4.69) is 22.8 Å². The number of hydrogen-bond acceptors (Lipinski definition) is 3. The van der Waals surface area contributed by atoms with Crippen molar-refractivity contribution in [1.82, 2.24) is 5.32 Å². The molecular weight excluding hydrogens is 264 g/mol. The standard InChI is InChI=1S/C17H20N2O2/c1-18-17(20)13-8-5-9-16(10-13)19-11-14-6-3-4-7-15(14)12-21-2/h3-10,19H,11-12H2,1-2H3,(H,18,20). The van der Waals surface area contributed by atoms with Crippen LogP contribution in [0.5, 0.6) is 0 Å². The third kappa shape index (κ3) is 4.07.